The highest BCUT2D eigenvalue weighted by Gasteiger charge is 2.28. The van der Waals surface area contributed by atoms with Gasteiger partial charge in [-0.2, -0.15) is 0 Å². The Morgan fingerprint density at radius 2 is 2.06 bits per heavy atom. The molecular formula is C10H9FO5. The van der Waals surface area contributed by atoms with Crippen molar-refractivity contribution in [3.63, 3.8) is 0 Å². The molecule has 0 aliphatic carbocycles. The van der Waals surface area contributed by atoms with E-state index in [1.807, 2.05) is 0 Å². The summed E-state index contributed by atoms with van der Waals surface area (Å²) in [6.07, 6.45) is -1.96. The quantitative estimate of drug-likeness (QED) is 0.779. The number of aliphatic hydroxyl groups excluding tert-OH is 1. The Kier molecular flexibility index (Phi) is 2.66. The van der Waals surface area contributed by atoms with E-state index in [4.69, 9.17) is 14.6 Å². The number of aliphatic carboxylic acids is 1. The summed E-state index contributed by atoms with van der Waals surface area (Å²) >= 11 is 0. The van der Waals surface area contributed by atoms with Crippen LogP contribution < -0.4 is 9.47 Å². The molecule has 5 nitrogen and oxygen atoms in total. The molecule has 1 aromatic rings. The largest absolute Gasteiger partial charge is 0.486 e. The number of rotatable bonds is 2. The topological polar surface area (TPSA) is 76.0 Å². The predicted molar refractivity (Wildman–Crippen MR) is 50.0 cm³/mol. The van der Waals surface area contributed by atoms with E-state index in [1.54, 1.807) is 0 Å². The molecule has 0 fully saturated rings. The van der Waals surface area contributed by atoms with Gasteiger partial charge in [-0.25, -0.2) is 9.18 Å². The van der Waals surface area contributed by atoms with Crippen LogP contribution in [0.15, 0.2) is 12.1 Å². The summed E-state index contributed by atoms with van der Waals surface area (Å²) in [6, 6.07) is 2.37. The molecule has 2 rings (SSSR count). The highest BCUT2D eigenvalue weighted by atomic mass is 19.1. The van der Waals surface area contributed by atoms with Crippen molar-refractivity contribution in [2.75, 3.05) is 13.2 Å². The maximum Gasteiger partial charge on any atom is 0.337 e. The second-order valence-electron chi connectivity index (χ2n) is 3.23. The summed E-state index contributed by atoms with van der Waals surface area (Å²) in [6.45, 7) is 0.497. The van der Waals surface area contributed by atoms with Gasteiger partial charge >= 0.3 is 5.97 Å². The van der Waals surface area contributed by atoms with E-state index in [0.29, 0.717) is 6.61 Å². The first-order valence-corrected chi connectivity index (χ1v) is 4.60. The Morgan fingerprint density at radius 1 is 1.38 bits per heavy atom. The molecule has 1 aliphatic heterocycles. The van der Waals surface area contributed by atoms with Crippen molar-refractivity contribution in [3.05, 3.63) is 23.5 Å². The molecular weight excluding hydrogens is 219 g/mol. The lowest BCUT2D eigenvalue weighted by atomic mass is 10.1. The zero-order valence-electron chi connectivity index (χ0n) is 8.14. The van der Waals surface area contributed by atoms with Gasteiger partial charge in [-0.05, 0) is 12.1 Å². The van der Waals surface area contributed by atoms with Gasteiger partial charge in [0, 0.05) is 0 Å². The van der Waals surface area contributed by atoms with Crippen molar-refractivity contribution in [2.45, 2.75) is 6.10 Å². The van der Waals surface area contributed by atoms with Gasteiger partial charge in [0.1, 0.15) is 19.0 Å². The SMILES string of the molecule is O=C(O)C(O)c1c(F)ccc2c1OCCO2. The number of aliphatic hydroxyl groups is 1. The van der Waals surface area contributed by atoms with E-state index >= 15 is 0 Å². The lowest BCUT2D eigenvalue weighted by molar-refractivity contribution is -0.147. The summed E-state index contributed by atoms with van der Waals surface area (Å²) in [5.74, 6) is -2.18. The Morgan fingerprint density at radius 3 is 2.75 bits per heavy atom. The minimum absolute atomic E-state index is 0.0406. The van der Waals surface area contributed by atoms with Crippen LogP contribution in [0.3, 0.4) is 0 Å². The molecule has 0 spiro atoms. The molecule has 6 heteroatoms. The summed E-state index contributed by atoms with van der Waals surface area (Å²) < 4.78 is 23.7. The molecule has 0 radical (unpaired) electrons. The summed E-state index contributed by atoms with van der Waals surface area (Å²) in [5.41, 5.74) is -0.398. The van der Waals surface area contributed by atoms with Crippen LogP contribution >= 0.6 is 0 Å². The van der Waals surface area contributed by atoms with Crippen LogP contribution in [0.1, 0.15) is 11.7 Å². The number of carbonyl (C=O) groups is 1. The number of halogens is 1. The number of benzene rings is 1. The van der Waals surface area contributed by atoms with E-state index in [9.17, 15) is 14.3 Å². The molecule has 0 saturated heterocycles. The van der Waals surface area contributed by atoms with E-state index in [0.717, 1.165) is 6.07 Å². The van der Waals surface area contributed by atoms with Crippen LogP contribution in [-0.2, 0) is 4.79 Å². The first-order chi connectivity index (χ1) is 7.61. The lowest BCUT2D eigenvalue weighted by Crippen LogP contribution is -2.20. The Balaban J connectivity index is 2.53. The number of hydrogen-bond donors (Lipinski definition) is 2. The molecule has 1 aliphatic rings. The molecule has 86 valence electrons. The Bertz CT molecular complexity index is 431. The monoisotopic (exact) mass is 228 g/mol. The van der Waals surface area contributed by atoms with Crippen molar-refractivity contribution in [1.29, 1.82) is 0 Å². The first kappa shape index (κ1) is 10.7. The molecule has 16 heavy (non-hydrogen) atoms. The second kappa shape index (κ2) is 3.97. The number of carboxylic acids is 1. The van der Waals surface area contributed by atoms with Gasteiger partial charge in [-0.3, -0.25) is 0 Å². The second-order valence-corrected chi connectivity index (χ2v) is 3.23. The van der Waals surface area contributed by atoms with E-state index < -0.39 is 23.5 Å². The normalized spacial score (nSPS) is 15.6. The van der Waals surface area contributed by atoms with Gasteiger partial charge < -0.3 is 19.7 Å². The Labute approximate surface area is 90.0 Å². The van der Waals surface area contributed by atoms with Crippen LogP contribution in [0.5, 0.6) is 11.5 Å². The third kappa shape index (κ3) is 1.67. The number of carboxylic acid groups (broad SMARTS) is 1. The van der Waals surface area contributed by atoms with Crippen molar-refractivity contribution >= 4 is 5.97 Å². The summed E-state index contributed by atoms with van der Waals surface area (Å²) in [5, 5.41) is 18.0. The first-order valence-electron chi connectivity index (χ1n) is 4.60. The van der Waals surface area contributed by atoms with Gasteiger partial charge in [0.2, 0.25) is 0 Å². The van der Waals surface area contributed by atoms with Crippen LogP contribution in [0.25, 0.3) is 0 Å². The van der Waals surface area contributed by atoms with E-state index in [2.05, 4.69) is 0 Å². The number of hydrogen-bond acceptors (Lipinski definition) is 4. The zero-order valence-corrected chi connectivity index (χ0v) is 8.14. The number of fused-ring (bicyclic) bond motifs is 1. The molecule has 0 aromatic heterocycles. The molecule has 1 heterocycles. The minimum Gasteiger partial charge on any atom is -0.486 e. The third-order valence-electron chi connectivity index (χ3n) is 2.20. The fourth-order valence-corrected chi connectivity index (χ4v) is 1.49. The molecule has 1 unspecified atom stereocenters. The maximum atomic E-state index is 13.4. The highest BCUT2D eigenvalue weighted by molar-refractivity contribution is 5.76. The Hall–Kier alpha value is -1.82. The fraction of sp³-hybridized carbons (Fsp3) is 0.300. The smallest absolute Gasteiger partial charge is 0.337 e. The van der Waals surface area contributed by atoms with Crippen LogP contribution in [0, 0.1) is 5.82 Å². The van der Waals surface area contributed by atoms with Gasteiger partial charge in [0.05, 0.1) is 5.56 Å². The third-order valence-corrected chi connectivity index (χ3v) is 2.20. The van der Waals surface area contributed by atoms with Crippen LogP contribution in [0.4, 0.5) is 4.39 Å². The van der Waals surface area contributed by atoms with Gasteiger partial charge in [-0.15, -0.1) is 0 Å². The molecule has 0 saturated carbocycles. The minimum atomic E-state index is -1.96. The van der Waals surface area contributed by atoms with Gasteiger partial charge in [0.15, 0.2) is 17.6 Å². The van der Waals surface area contributed by atoms with Crippen molar-refractivity contribution in [1.82, 2.24) is 0 Å². The maximum absolute atomic E-state index is 13.4. The van der Waals surface area contributed by atoms with Gasteiger partial charge in [-0.1, -0.05) is 0 Å². The number of ether oxygens (including phenoxy) is 2. The average Bonchev–Trinajstić information content (AvgIpc) is 2.28. The molecule has 0 bridgehead atoms. The highest BCUT2D eigenvalue weighted by Crippen LogP contribution is 2.38. The molecule has 1 atom stereocenters. The fourth-order valence-electron chi connectivity index (χ4n) is 1.49. The van der Waals surface area contributed by atoms with E-state index in [1.165, 1.54) is 6.07 Å². The average molecular weight is 228 g/mol. The standard InChI is InChI=1S/C10H9FO5/c11-5-1-2-6-9(16-4-3-15-6)7(5)8(12)10(13)14/h1-2,8,12H,3-4H2,(H,13,14). The zero-order chi connectivity index (χ0) is 11.7. The van der Waals surface area contributed by atoms with Crippen molar-refractivity contribution < 1.29 is 28.9 Å². The molecule has 1 aromatic carbocycles. The van der Waals surface area contributed by atoms with Gasteiger partial charge in [0.25, 0.3) is 0 Å². The lowest BCUT2D eigenvalue weighted by Gasteiger charge is -2.22. The van der Waals surface area contributed by atoms with Crippen LogP contribution in [0.2, 0.25) is 0 Å². The van der Waals surface area contributed by atoms with Crippen LogP contribution in [-0.4, -0.2) is 29.4 Å². The molecule has 2 N–H and O–H groups in total. The molecule has 0 amide bonds. The van der Waals surface area contributed by atoms with Crippen molar-refractivity contribution in [2.24, 2.45) is 0 Å². The predicted octanol–water partition coefficient (Wildman–Crippen LogP) is 0.715. The van der Waals surface area contributed by atoms with Crippen molar-refractivity contribution in [3.8, 4) is 11.5 Å². The van der Waals surface area contributed by atoms with E-state index in [-0.39, 0.29) is 18.1 Å². The summed E-state index contributed by atoms with van der Waals surface area (Å²) in [4.78, 5) is 10.6. The summed E-state index contributed by atoms with van der Waals surface area (Å²) in [7, 11) is 0.